The first kappa shape index (κ1) is 37.0. The van der Waals surface area contributed by atoms with E-state index < -0.39 is 36.4 Å². The SMILES string of the molecule is CN1CCN(C(=O)CCCc2cn(-c3ccccc3)c(NC(=O)c3ccccc3-c3cn[nH]c3)n2)CC1.O=C(O)CC(O)(CC(=O)O)C(=O)O. The van der Waals surface area contributed by atoms with Gasteiger partial charge in [-0.25, -0.2) is 9.78 Å². The van der Waals surface area contributed by atoms with Gasteiger partial charge in [-0.3, -0.25) is 34.2 Å². The number of imidazole rings is 1. The molecule has 0 radical (unpaired) electrons. The molecule has 5 rings (SSSR count). The Morgan fingerprint density at radius 1 is 0.900 bits per heavy atom. The number of aliphatic carboxylic acids is 3. The first-order valence-electron chi connectivity index (χ1n) is 15.7. The van der Waals surface area contributed by atoms with Gasteiger partial charge in [0.05, 0.1) is 24.7 Å². The second-order valence-electron chi connectivity index (χ2n) is 11.8. The number of carbonyl (C=O) groups excluding carboxylic acids is 2. The van der Waals surface area contributed by atoms with E-state index in [4.69, 9.17) is 25.4 Å². The second kappa shape index (κ2) is 17.0. The number of piperazine rings is 1. The number of amides is 2. The monoisotopic (exact) mass is 689 g/mol. The minimum absolute atomic E-state index is 0.194. The van der Waals surface area contributed by atoms with Gasteiger partial charge in [0.2, 0.25) is 11.9 Å². The maximum absolute atomic E-state index is 13.4. The number of aromatic amines is 1. The summed E-state index contributed by atoms with van der Waals surface area (Å²) in [6.07, 6.45) is 4.94. The largest absolute Gasteiger partial charge is 0.481 e. The molecule has 2 amide bonds. The third-order valence-corrected chi connectivity index (χ3v) is 7.96. The molecule has 1 aliphatic heterocycles. The zero-order chi connectivity index (χ0) is 36.3. The number of likely N-dealkylation sites (N-methyl/N-ethyl adjacent to an activating group) is 1. The van der Waals surface area contributed by atoms with Gasteiger partial charge in [0.15, 0.2) is 5.60 Å². The Labute approximate surface area is 287 Å². The van der Waals surface area contributed by atoms with Crippen LogP contribution in [0, 0.1) is 0 Å². The molecular weight excluding hydrogens is 650 g/mol. The number of carboxylic acid groups (broad SMARTS) is 3. The van der Waals surface area contributed by atoms with Crippen molar-refractivity contribution < 1.29 is 44.4 Å². The van der Waals surface area contributed by atoms with E-state index in [-0.39, 0.29) is 11.8 Å². The fraction of sp³-hybridized carbons (Fsp3) is 0.324. The molecule has 1 saturated heterocycles. The molecule has 0 aliphatic carbocycles. The van der Waals surface area contributed by atoms with E-state index in [1.165, 1.54) is 0 Å². The number of nitrogens with zero attached hydrogens (tertiary/aromatic N) is 5. The van der Waals surface area contributed by atoms with Crippen molar-refractivity contribution in [2.45, 2.75) is 37.7 Å². The molecule has 6 N–H and O–H groups in total. The van der Waals surface area contributed by atoms with Crippen LogP contribution in [-0.4, -0.2) is 119 Å². The number of carboxylic acids is 3. The highest BCUT2D eigenvalue weighted by atomic mass is 16.4. The molecule has 264 valence electrons. The number of aryl methyl sites for hydroxylation is 1. The van der Waals surface area contributed by atoms with Crippen molar-refractivity contribution in [2.75, 3.05) is 38.5 Å². The smallest absolute Gasteiger partial charge is 0.336 e. The number of rotatable bonds is 13. The summed E-state index contributed by atoms with van der Waals surface area (Å²) in [5.41, 5.74) is 1.14. The molecule has 0 bridgehead atoms. The van der Waals surface area contributed by atoms with Crippen LogP contribution in [0.5, 0.6) is 0 Å². The van der Waals surface area contributed by atoms with Crippen molar-refractivity contribution in [3.05, 3.63) is 84.4 Å². The quantitative estimate of drug-likeness (QED) is 0.119. The molecule has 2 aromatic heterocycles. The lowest BCUT2D eigenvalue weighted by molar-refractivity contribution is -0.170. The summed E-state index contributed by atoms with van der Waals surface area (Å²) in [7, 11) is 2.08. The number of hydrogen-bond acceptors (Lipinski definition) is 9. The summed E-state index contributed by atoms with van der Waals surface area (Å²) < 4.78 is 1.88. The molecule has 0 atom stereocenters. The highest BCUT2D eigenvalue weighted by Crippen LogP contribution is 2.25. The minimum Gasteiger partial charge on any atom is -0.481 e. The highest BCUT2D eigenvalue weighted by molar-refractivity contribution is 6.08. The van der Waals surface area contributed by atoms with Gasteiger partial charge < -0.3 is 30.2 Å². The molecule has 50 heavy (non-hydrogen) atoms. The number of benzene rings is 2. The standard InChI is InChI=1S/C28H31N7O2.C6H8O7/c1-33-14-16-34(17-15-33)26(36)13-7-8-22-20-35(23-9-3-2-4-10-23)28(31-22)32-27(37)25-12-6-5-11-24(25)21-18-29-30-19-21;7-3(8)1-6(13,5(11)12)2-4(9)10/h2-6,9-12,18-20H,7-8,13-17H2,1H3,(H,29,30)(H,31,32,37);13H,1-2H2,(H,7,8)(H,9,10)(H,11,12). The van der Waals surface area contributed by atoms with E-state index in [1.807, 2.05) is 64.2 Å². The fourth-order valence-corrected chi connectivity index (χ4v) is 5.27. The summed E-state index contributed by atoms with van der Waals surface area (Å²) in [4.78, 5) is 65.4. The summed E-state index contributed by atoms with van der Waals surface area (Å²) in [5.74, 6) is -4.63. The van der Waals surface area contributed by atoms with Gasteiger partial charge in [-0.05, 0) is 43.7 Å². The molecule has 0 saturated carbocycles. The summed E-state index contributed by atoms with van der Waals surface area (Å²) in [6.45, 7) is 3.41. The highest BCUT2D eigenvalue weighted by Gasteiger charge is 2.40. The Kier molecular flexibility index (Phi) is 12.6. The molecule has 16 heteroatoms. The number of anilines is 1. The van der Waals surface area contributed by atoms with Crippen LogP contribution in [0.3, 0.4) is 0 Å². The van der Waals surface area contributed by atoms with E-state index in [0.29, 0.717) is 30.8 Å². The number of aliphatic hydroxyl groups is 1. The third-order valence-electron chi connectivity index (χ3n) is 7.96. The third kappa shape index (κ3) is 10.1. The summed E-state index contributed by atoms with van der Waals surface area (Å²) in [5, 5.41) is 43.6. The van der Waals surface area contributed by atoms with Gasteiger partial charge in [-0.15, -0.1) is 0 Å². The number of carbonyl (C=O) groups is 5. The zero-order valence-corrected chi connectivity index (χ0v) is 27.4. The average molecular weight is 690 g/mol. The number of H-pyrrole nitrogens is 1. The zero-order valence-electron chi connectivity index (χ0n) is 27.4. The Morgan fingerprint density at radius 3 is 2.14 bits per heavy atom. The lowest BCUT2D eigenvalue weighted by Crippen LogP contribution is -2.47. The van der Waals surface area contributed by atoms with Crippen LogP contribution in [0.1, 0.15) is 41.7 Å². The first-order valence-corrected chi connectivity index (χ1v) is 15.7. The molecule has 1 aliphatic rings. The van der Waals surface area contributed by atoms with E-state index in [9.17, 15) is 24.0 Å². The van der Waals surface area contributed by atoms with Crippen LogP contribution in [0.15, 0.2) is 73.2 Å². The van der Waals surface area contributed by atoms with E-state index >= 15 is 0 Å². The Morgan fingerprint density at radius 2 is 1.54 bits per heavy atom. The first-order chi connectivity index (χ1) is 23.9. The van der Waals surface area contributed by atoms with Crippen LogP contribution >= 0.6 is 0 Å². The summed E-state index contributed by atoms with van der Waals surface area (Å²) in [6, 6.07) is 17.2. The van der Waals surface area contributed by atoms with Crippen LogP contribution < -0.4 is 5.32 Å². The van der Waals surface area contributed by atoms with Crippen LogP contribution in [0.4, 0.5) is 5.95 Å². The van der Waals surface area contributed by atoms with Crippen LogP contribution in [-0.2, 0) is 25.6 Å². The van der Waals surface area contributed by atoms with Crippen molar-refractivity contribution in [3.63, 3.8) is 0 Å². The minimum atomic E-state index is -2.74. The van der Waals surface area contributed by atoms with Gasteiger partial charge in [0, 0.05) is 61.8 Å². The molecule has 0 spiro atoms. The number of aromatic nitrogens is 4. The van der Waals surface area contributed by atoms with Crippen molar-refractivity contribution in [1.82, 2.24) is 29.5 Å². The second-order valence-corrected chi connectivity index (χ2v) is 11.8. The Bertz CT molecular complexity index is 1770. The van der Waals surface area contributed by atoms with E-state index in [1.54, 1.807) is 18.5 Å². The van der Waals surface area contributed by atoms with Crippen molar-refractivity contribution in [2.24, 2.45) is 0 Å². The molecule has 3 heterocycles. The topological polar surface area (TPSA) is 231 Å². The normalized spacial score (nSPS) is 13.2. The lowest BCUT2D eigenvalue weighted by Gasteiger charge is -2.32. The van der Waals surface area contributed by atoms with Crippen molar-refractivity contribution >= 4 is 35.7 Å². The van der Waals surface area contributed by atoms with Gasteiger partial charge in [0.25, 0.3) is 5.91 Å². The molecule has 1 fully saturated rings. The van der Waals surface area contributed by atoms with E-state index in [2.05, 4.69) is 27.5 Å². The molecule has 2 aromatic carbocycles. The molecule has 4 aromatic rings. The van der Waals surface area contributed by atoms with E-state index in [0.717, 1.165) is 48.7 Å². The predicted molar refractivity (Wildman–Crippen MR) is 180 cm³/mol. The fourth-order valence-electron chi connectivity index (χ4n) is 5.27. The predicted octanol–water partition coefficient (Wildman–Crippen LogP) is 2.36. The molecule has 0 unspecified atom stereocenters. The molecular formula is C34H39N7O9. The maximum Gasteiger partial charge on any atom is 0.336 e. The van der Waals surface area contributed by atoms with Crippen LogP contribution in [0.25, 0.3) is 16.8 Å². The van der Waals surface area contributed by atoms with Crippen molar-refractivity contribution in [1.29, 1.82) is 0 Å². The van der Waals surface area contributed by atoms with Gasteiger partial charge in [-0.2, -0.15) is 5.10 Å². The van der Waals surface area contributed by atoms with Crippen LogP contribution in [0.2, 0.25) is 0 Å². The lowest BCUT2D eigenvalue weighted by atomic mass is 9.96. The Hall–Kier alpha value is -5.87. The maximum atomic E-state index is 13.4. The van der Waals surface area contributed by atoms with Gasteiger partial charge in [0.1, 0.15) is 0 Å². The molecule has 16 nitrogen and oxygen atoms in total. The number of hydrogen-bond donors (Lipinski definition) is 6. The number of nitrogens with one attached hydrogen (secondary N) is 2. The Balaban J connectivity index is 0.000000369. The summed E-state index contributed by atoms with van der Waals surface area (Å²) >= 11 is 0. The van der Waals surface area contributed by atoms with Crippen molar-refractivity contribution in [3.8, 4) is 16.8 Å². The van der Waals surface area contributed by atoms with Gasteiger partial charge in [-0.1, -0.05) is 36.4 Å². The number of para-hydroxylation sites is 1. The van der Waals surface area contributed by atoms with Gasteiger partial charge >= 0.3 is 17.9 Å². The average Bonchev–Trinajstić information content (AvgIpc) is 3.76.